The van der Waals surface area contributed by atoms with Gasteiger partial charge in [0.15, 0.2) is 0 Å². The Balaban J connectivity index is 1.36. The van der Waals surface area contributed by atoms with Crippen LogP contribution in [0.1, 0.15) is 36.0 Å². The van der Waals surface area contributed by atoms with Crippen LogP contribution in [-0.2, 0) is 21.2 Å². The Hall–Kier alpha value is -4.28. The van der Waals surface area contributed by atoms with Crippen molar-refractivity contribution in [2.75, 3.05) is 25.5 Å². The van der Waals surface area contributed by atoms with E-state index in [9.17, 15) is 26.4 Å². The summed E-state index contributed by atoms with van der Waals surface area (Å²) in [6, 6.07) is 16.1. The monoisotopic (exact) mass is 749 g/mol. The molecule has 0 saturated carbocycles. The smallest absolute Gasteiger partial charge is 0.481 e. The fraction of sp³-hybridized carbons (Fsp3) is 0.314. The Labute approximate surface area is 298 Å². The SMILES string of the molecule is COc1ccc(C(c2ccc(Cl)cc2)C(N)C(=O)Nc2cccc(F)c2CC[C@H]2CNC[C@H](C)N2S(=O)(=O)c2ccc(OC(F)(F)F)cc2)cn1. The number of halogens is 5. The Morgan fingerprint density at radius 1 is 1.06 bits per heavy atom. The fourth-order valence-corrected chi connectivity index (χ4v) is 8.15. The summed E-state index contributed by atoms with van der Waals surface area (Å²) in [5, 5.41) is 6.46. The minimum absolute atomic E-state index is 0.0317. The zero-order valence-corrected chi connectivity index (χ0v) is 29.1. The third-order valence-corrected chi connectivity index (χ3v) is 10.9. The number of amides is 1. The van der Waals surface area contributed by atoms with Gasteiger partial charge in [-0.15, -0.1) is 13.2 Å². The second-order valence-electron chi connectivity index (χ2n) is 12.0. The number of alkyl halides is 3. The van der Waals surface area contributed by atoms with Crippen LogP contribution >= 0.6 is 11.6 Å². The highest BCUT2D eigenvalue weighted by molar-refractivity contribution is 7.89. The van der Waals surface area contributed by atoms with E-state index in [1.807, 2.05) is 0 Å². The fourth-order valence-electron chi connectivity index (χ4n) is 6.18. The van der Waals surface area contributed by atoms with Crippen LogP contribution in [0.5, 0.6) is 11.6 Å². The van der Waals surface area contributed by atoms with Crippen LogP contribution in [0.25, 0.3) is 0 Å². The van der Waals surface area contributed by atoms with Gasteiger partial charge < -0.3 is 25.8 Å². The number of anilines is 1. The molecule has 10 nitrogen and oxygen atoms in total. The van der Waals surface area contributed by atoms with Crippen LogP contribution < -0.4 is 25.8 Å². The van der Waals surface area contributed by atoms with Crippen molar-refractivity contribution >= 4 is 33.2 Å². The van der Waals surface area contributed by atoms with Crippen LogP contribution in [0.3, 0.4) is 0 Å². The molecule has 2 heterocycles. The first-order valence-corrected chi connectivity index (χ1v) is 17.7. The van der Waals surface area contributed by atoms with E-state index >= 15 is 4.39 Å². The lowest BCUT2D eigenvalue weighted by molar-refractivity contribution is -0.274. The number of nitrogens with zero attached hydrogens (tertiary/aromatic N) is 2. The van der Waals surface area contributed by atoms with Gasteiger partial charge in [0.05, 0.1) is 18.0 Å². The van der Waals surface area contributed by atoms with Crippen molar-refractivity contribution in [3.8, 4) is 11.6 Å². The number of hydrogen-bond acceptors (Lipinski definition) is 8. The van der Waals surface area contributed by atoms with E-state index in [1.165, 1.54) is 29.6 Å². The maximum atomic E-state index is 15.4. The maximum absolute atomic E-state index is 15.4. The Kier molecular flexibility index (Phi) is 11.9. The molecule has 1 saturated heterocycles. The zero-order valence-electron chi connectivity index (χ0n) is 27.5. The molecule has 4 atom stereocenters. The summed E-state index contributed by atoms with van der Waals surface area (Å²) in [5.41, 5.74) is 8.23. The summed E-state index contributed by atoms with van der Waals surface area (Å²) in [4.78, 5) is 17.8. The molecule has 5 rings (SSSR count). The second-order valence-corrected chi connectivity index (χ2v) is 14.3. The standard InChI is InChI=1S/C35H36ClF4N5O5S/c1-21-18-42-20-25(45(21)51(47,48)27-14-12-26(13-15-27)50-35(38,39)40)11-16-28-29(37)4-3-5-30(28)44-34(46)33(41)32(22-6-9-24(36)10-7-22)23-8-17-31(49-2)43-19-23/h3-10,12-15,17,19,21,25,32-33,42H,11,16,18,20,41H2,1-2H3,(H,44,46)/t21-,25-,32?,33?/m0/s1. The summed E-state index contributed by atoms with van der Waals surface area (Å²) < 4.78 is 91.3. The molecule has 2 unspecified atom stereocenters. The van der Waals surface area contributed by atoms with Gasteiger partial charge in [0.25, 0.3) is 0 Å². The molecule has 0 aliphatic carbocycles. The highest BCUT2D eigenvalue weighted by atomic mass is 35.5. The second kappa shape index (κ2) is 15.9. The van der Waals surface area contributed by atoms with Gasteiger partial charge in [-0.1, -0.05) is 35.9 Å². The van der Waals surface area contributed by atoms with Gasteiger partial charge in [0.1, 0.15) is 11.6 Å². The van der Waals surface area contributed by atoms with Gasteiger partial charge >= 0.3 is 6.36 Å². The molecule has 4 N–H and O–H groups in total. The Bertz CT molecular complexity index is 1920. The van der Waals surface area contributed by atoms with Crippen LogP contribution in [-0.4, -0.2) is 68.3 Å². The number of nitrogens with one attached hydrogen (secondary N) is 2. The molecule has 1 aromatic heterocycles. The van der Waals surface area contributed by atoms with Crippen LogP contribution in [0, 0.1) is 5.82 Å². The summed E-state index contributed by atoms with van der Waals surface area (Å²) in [5.74, 6) is -2.06. The van der Waals surface area contributed by atoms with E-state index in [4.69, 9.17) is 22.1 Å². The van der Waals surface area contributed by atoms with Crippen LogP contribution in [0.15, 0.2) is 90.0 Å². The van der Waals surface area contributed by atoms with E-state index in [0.29, 0.717) is 28.6 Å². The Morgan fingerprint density at radius 2 is 1.75 bits per heavy atom. The number of piperazine rings is 1. The number of hydrogen-bond donors (Lipinski definition) is 3. The molecule has 272 valence electrons. The molecule has 1 amide bonds. The molecule has 0 radical (unpaired) electrons. The summed E-state index contributed by atoms with van der Waals surface area (Å²) in [6.07, 6.45) is -3.19. The minimum Gasteiger partial charge on any atom is -0.481 e. The van der Waals surface area contributed by atoms with E-state index in [1.54, 1.807) is 49.5 Å². The quantitative estimate of drug-likeness (QED) is 0.153. The van der Waals surface area contributed by atoms with E-state index in [-0.39, 0.29) is 35.5 Å². The van der Waals surface area contributed by atoms with Crippen molar-refractivity contribution < 1.29 is 40.2 Å². The van der Waals surface area contributed by atoms with E-state index in [0.717, 1.165) is 24.3 Å². The predicted molar refractivity (Wildman–Crippen MR) is 184 cm³/mol. The van der Waals surface area contributed by atoms with E-state index < -0.39 is 57.9 Å². The molecule has 16 heteroatoms. The molecule has 51 heavy (non-hydrogen) atoms. The summed E-state index contributed by atoms with van der Waals surface area (Å²) >= 11 is 6.11. The third-order valence-electron chi connectivity index (χ3n) is 8.57. The molecule has 1 fully saturated rings. The number of sulfonamides is 1. The lowest BCUT2D eigenvalue weighted by Crippen LogP contribution is -2.58. The van der Waals surface area contributed by atoms with Gasteiger partial charge in [-0.3, -0.25) is 4.79 Å². The van der Waals surface area contributed by atoms with Gasteiger partial charge in [-0.25, -0.2) is 17.8 Å². The van der Waals surface area contributed by atoms with Crippen LogP contribution in [0.2, 0.25) is 5.02 Å². The van der Waals surface area contributed by atoms with Crippen molar-refractivity contribution in [3.63, 3.8) is 0 Å². The van der Waals surface area contributed by atoms with Gasteiger partial charge in [-0.05, 0) is 79.4 Å². The van der Waals surface area contributed by atoms with Crippen molar-refractivity contribution in [2.45, 2.75) is 55.1 Å². The molecule has 1 aliphatic heterocycles. The number of aromatic nitrogens is 1. The highest BCUT2D eigenvalue weighted by Gasteiger charge is 2.38. The van der Waals surface area contributed by atoms with E-state index in [2.05, 4.69) is 20.4 Å². The first-order valence-electron chi connectivity index (χ1n) is 15.9. The number of ether oxygens (including phenoxy) is 2. The molecular weight excluding hydrogens is 714 g/mol. The minimum atomic E-state index is -4.93. The van der Waals surface area contributed by atoms with Crippen molar-refractivity contribution in [2.24, 2.45) is 5.73 Å². The number of nitrogens with two attached hydrogens (primary N) is 1. The Morgan fingerprint density at radius 3 is 2.37 bits per heavy atom. The topological polar surface area (TPSA) is 136 Å². The summed E-state index contributed by atoms with van der Waals surface area (Å²) in [6.45, 7) is 2.25. The van der Waals surface area contributed by atoms with Crippen molar-refractivity contribution in [3.05, 3.63) is 113 Å². The van der Waals surface area contributed by atoms with Crippen molar-refractivity contribution in [1.82, 2.24) is 14.6 Å². The average molecular weight is 750 g/mol. The molecule has 0 spiro atoms. The van der Waals surface area contributed by atoms with Gasteiger partial charge in [0.2, 0.25) is 21.8 Å². The first-order chi connectivity index (χ1) is 24.2. The maximum Gasteiger partial charge on any atom is 0.573 e. The highest BCUT2D eigenvalue weighted by Crippen LogP contribution is 2.32. The zero-order chi connectivity index (χ0) is 36.9. The molecule has 1 aliphatic rings. The van der Waals surface area contributed by atoms with Crippen LogP contribution in [0.4, 0.5) is 23.2 Å². The van der Waals surface area contributed by atoms with Crippen molar-refractivity contribution in [1.29, 1.82) is 0 Å². The number of benzene rings is 3. The van der Waals surface area contributed by atoms with Gasteiger partial charge in [0, 0.05) is 59.6 Å². The largest absolute Gasteiger partial charge is 0.573 e. The molecule has 3 aromatic carbocycles. The first kappa shape index (κ1) is 38.0. The molecule has 4 aromatic rings. The molecular formula is C35H36ClF4N5O5S. The molecule has 0 bridgehead atoms. The third kappa shape index (κ3) is 9.15. The lowest BCUT2D eigenvalue weighted by atomic mass is 9.85. The predicted octanol–water partition coefficient (Wildman–Crippen LogP) is 5.86. The number of rotatable bonds is 12. The number of carbonyl (C=O) groups excluding carboxylic acids is 1. The number of carbonyl (C=O) groups is 1. The number of methoxy groups -OCH3 is 1. The number of pyridine rings is 1. The normalized spacial score (nSPS) is 18.1. The van der Waals surface area contributed by atoms with Gasteiger partial charge in [-0.2, -0.15) is 4.31 Å². The summed E-state index contributed by atoms with van der Waals surface area (Å²) in [7, 11) is -2.71. The lowest BCUT2D eigenvalue weighted by Gasteiger charge is -2.40. The average Bonchev–Trinajstić information content (AvgIpc) is 3.08.